The van der Waals surface area contributed by atoms with E-state index in [2.05, 4.69) is 0 Å². The van der Waals surface area contributed by atoms with Crippen molar-refractivity contribution in [3.63, 3.8) is 0 Å². The summed E-state index contributed by atoms with van der Waals surface area (Å²) in [6.45, 7) is 2.58. The fourth-order valence-corrected chi connectivity index (χ4v) is 1.63. The van der Waals surface area contributed by atoms with Crippen LogP contribution in [0, 0.1) is 0 Å². The zero-order valence-corrected chi connectivity index (χ0v) is 10.5. The summed E-state index contributed by atoms with van der Waals surface area (Å²) in [5.74, 6) is -0.402. The standard InChI is InChI=1S/C14H14O5/c1-2-17-9-19-13-8-10(3-4-14(15)16)7-12-11(13)5-6-18-12/h3-8H,2,9H2,1H3,(H,15,16)/b4-3+. The topological polar surface area (TPSA) is 68.9 Å². The molecule has 0 saturated heterocycles. The molecule has 5 heteroatoms. The van der Waals surface area contributed by atoms with Crippen LogP contribution < -0.4 is 4.74 Å². The van der Waals surface area contributed by atoms with Gasteiger partial charge in [-0.3, -0.25) is 0 Å². The minimum atomic E-state index is -1.00. The third kappa shape index (κ3) is 3.35. The third-order valence-corrected chi connectivity index (χ3v) is 2.48. The number of rotatable bonds is 6. The molecule has 5 nitrogen and oxygen atoms in total. The summed E-state index contributed by atoms with van der Waals surface area (Å²) in [6, 6.07) is 5.29. The van der Waals surface area contributed by atoms with E-state index in [-0.39, 0.29) is 6.79 Å². The molecule has 2 aromatic rings. The van der Waals surface area contributed by atoms with Crippen molar-refractivity contribution in [3.8, 4) is 5.75 Å². The molecule has 0 atom stereocenters. The Hall–Kier alpha value is -2.27. The van der Waals surface area contributed by atoms with Gasteiger partial charge in [0.25, 0.3) is 0 Å². The molecular weight excluding hydrogens is 248 g/mol. The van der Waals surface area contributed by atoms with Crippen LogP contribution >= 0.6 is 0 Å². The van der Waals surface area contributed by atoms with Gasteiger partial charge < -0.3 is 19.0 Å². The monoisotopic (exact) mass is 262 g/mol. The van der Waals surface area contributed by atoms with Gasteiger partial charge in [0.15, 0.2) is 6.79 Å². The zero-order valence-electron chi connectivity index (χ0n) is 10.5. The van der Waals surface area contributed by atoms with Gasteiger partial charge in [0.2, 0.25) is 0 Å². The molecule has 0 fully saturated rings. The van der Waals surface area contributed by atoms with E-state index < -0.39 is 5.97 Å². The van der Waals surface area contributed by atoms with Gasteiger partial charge in [0.05, 0.1) is 11.6 Å². The highest BCUT2D eigenvalue weighted by atomic mass is 16.7. The maximum Gasteiger partial charge on any atom is 0.328 e. The second-order valence-electron chi connectivity index (χ2n) is 3.78. The molecule has 0 aliphatic rings. The number of carboxylic acids is 1. The molecule has 2 rings (SSSR count). The molecule has 1 aromatic heterocycles. The molecule has 0 aliphatic heterocycles. The molecule has 0 amide bonds. The molecule has 1 aromatic carbocycles. The van der Waals surface area contributed by atoms with E-state index in [0.29, 0.717) is 23.5 Å². The van der Waals surface area contributed by atoms with Crippen molar-refractivity contribution in [2.45, 2.75) is 6.92 Å². The normalized spacial score (nSPS) is 11.2. The van der Waals surface area contributed by atoms with Gasteiger partial charge in [-0.2, -0.15) is 0 Å². The number of carboxylic acid groups (broad SMARTS) is 1. The Bertz CT molecular complexity index is 597. The van der Waals surface area contributed by atoms with E-state index >= 15 is 0 Å². The second kappa shape index (κ2) is 6.06. The summed E-state index contributed by atoms with van der Waals surface area (Å²) >= 11 is 0. The van der Waals surface area contributed by atoms with E-state index in [1.807, 2.05) is 6.92 Å². The lowest BCUT2D eigenvalue weighted by Gasteiger charge is -2.07. The predicted octanol–water partition coefficient (Wildman–Crippen LogP) is 2.90. The molecule has 0 aliphatic carbocycles. The minimum absolute atomic E-state index is 0.142. The molecule has 19 heavy (non-hydrogen) atoms. The van der Waals surface area contributed by atoms with Crippen molar-refractivity contribution < 1.29 is 23.8 Å². The van der Waals surface area contributed by atoms with Crippen LogP contribution in [0.4, 0.5) is 0 Å². The van der Waals surface area contributed by atoms with Gasteiger partial charge in [-0.05, 0) is 36.8 Å². The van der Waals surface area contributed by atoms with Gasteiger partial charge in [0.1, 0.15) is 11.3 Å². The molecule has 0 radical (unpaired) electrons. The average molecular weight is 262 g/mol. The molecule has 0 unspecified atom stereocenters. The first-order chi connectivity index (χ1) is 9.20. The van der Waals surface area contributed by atoms with Crippen molar-refractivity contribution in [1.82, 2.24) is 0 Å². The van der Waals surface area contributed by atoms with Crippen LogP contribution in [-0.2, 0) is 9.53 Å². The van der Waals surface area contributed by atoms with Gasteiger partial charge in [-0.1, -0.05) is 0 Å². The first-order valence-corrected chi connectivity index (χ1v) is 5.83. The largest absolute Gasteiger partial charge is 0.478 e. The molecule has 0 bridgehead atoms. The minimum Gasteiger partial charge on any atom is -0.478 e. The zero-order chi connectivity index (χ0) is 13.7. The lowest BCUT2D eigenvalue weighted by atomic mass is 10.1. The number of aliphatic carboxylic acids is 1. The summed E-state index contributed by atoms with van der Waals surface area (Å²) in [6.07, 6.45) is 4.11. The highest BCUT2D eigenvalue weighted by Crippen LogP contribution is 2.29. The fraction of sp³-hybridized carbons (Fsp3) is 0.214. The van der Waals surface area contributed by atoms with Crippen molar-refractivity contribution in [2.24, 2.45) is 0 Å². The van der Waals surface area contributed by atoms with Crippen LogP contribution in [0.1, 0.15) is 12.5 Å². The predicted molar refractivity (Wildman–Crippen MR) is 70.0 cm³/mol. The first-order valence-electron chi connectivity index (χ1n) is 5.83. The van der Waals surface area contributed by atoms with Gasteiger partial charge in [-0.25, -0.2) is 4.79 Å². The van der Waals surface area contributed by atoms with Crippen molar-refractivity contribution in [2.75, 3.05) is 13.4 Å². The molecule has 1 N–H and O–H groups in total. The summed E-state index contributed by atoms with van der Waals surface area (Å²) < 4.78 is 15.9. The number of fused-ring (bicyclic) bond motifs is 1. The SMILES string of the molecule is CCOCOc1cc(/C=C/C(=O)O)cc2occc12. The summed E-state index contributed by atoms with van der Waals surface area (Å²) in [5, 5.41) is 9.46. The average Bonchev–Trinajstić information content (AvgIpc) is 2.85. The highest BCUT2D eigenvalue weighted by molar-refractivity contribution is 5.89. The number of hydrogen-bond donors (Lipinski definition) is 1. The Balaban J connectivity index is 2.31. The summed E-state index contributed by atoms with van der Waals surface area (Å²) in [4.78, 5) is 10.5. The van der Waals surface area contributed by atoms with Crippen molar-refractivity contribution >= 4 is 23.0 Å². The lowest BCUT2D eigenvalue weighted by molar-refractivity contribution is -0.131. The Morgan fingerprint density at radius 1 is 1.47 bits per heavy atom. The van der Waals surface area contributed by atoms with Gasteiger partial charge in [-0.15, -0.1) is 0 Å². The number of benzene rings is 1. The maximum atomic E-state index is 10.5. The lowest BCUT2D eigenvalue weighted by Crippen LogP contribution is -2.02. The van der Waals surface area contributed by atoms with Crippen LogP contribution in [0.2, 0.25) is 0 Å². The summed E-state index contributed by atoms with van der Waals surface area (Å²) in [5.41, 5.74) is 1.33. The van der Waals surface area contributed by atoms with E-state index in [9.17, 15) is 4.79 Å². The van der Waals surface area contributed by atoms with E-state index in [4.69, 9.17) is 19.0 Å². The van der Waals surface area contributed by atoms with Crippen molar-refractivity contribution in [1.29, 1.82) is 0 Å². The Morgan fingerprint density at radius 3 is 3.05 bits per heavy atom. The number of furan rings is 1. The van der Waals surface area contributed by atoms with Crippen LogP contribution in [0.25, 0.3) is 17.0 Å². The van der Waals surface area contributed by atoms with Gasteiger partial charge >= 0.3 is 5.97 Å². The van der Waals surface area contributed by atoms with Crippen molar-refractivity contribution in [3.05, 3.63) is 36.1 Å². The van der Waals surface area contributed by atoms with E-state index in [0.717, 1.165) is 11.5 Å². The highest BCUT2D eigenvalue weighted by Gasteiger charge is 2.07. The van der Waals surface area contributed by atoms with Crippen LogP contribution in [0.15, 0.2) is 35.0 Å². The van der Waals surface area contributed by atoms with Crippen LogP contribution in [-0.4, -0.2) is 24.5 Å². The Kier molecular flexibility index (Phi) is 4.20. The number of carbonyl (C=O) groups is 1. The Morgan fingerprint density at radius 2 is 2.32 bits per heavy atom. The quantitative estimate of drug-likeness (QED) is 0.492. The molecule has 0 saturated carbocycles. The number of ether oxygens (including phenoxy) is 2. The van der Waals surface area contributed by atoms with E-state index in [1.165, 1.54) is 6.08 Å². The molecule has 100 valence electrons. The van der Waals surface area contributed by atoms with Crippen LogP contribution in [0.5, 0.6) is 5.75 Å². The third-order valence-electron chi connectivity index (χ3n) is 2.48. The van der Waals surface area contributed by atoms with E-state index in [1.54, 1.807) is 24.5 Å². The Labute approximate surface area is 110 Å². The smallest absolute Gasteiger partial charge is 0.328 e. The molecule has 1 heterocycles. The van der Waals surface area contributed by atoms with Crippen LogP contribution in [0.3, 0.4) is 0 Å². The molecule has 0 spiro atoms. The fourth-order valence-electron chi connectivity index (χ4n) is 1.63. The van der Waals surface area contributed by atoms with Gasteiger partial charge in [0, 0.05) is 12.7 Å². The molecular formula is C14H14O5. The maximum absolute atomic E-state index is 10.5. The number of hydrogen-bond acceptors (Lipinski definition) is 4. The summed E-state index contributed by atoms with van der Waals surface area (Å²) in [7, 11) is 0. The first kappa shape index (κ1) is 13.2. The second-order valence-corrected chi connectivity index (χ2v) is 3.78.